The fourth-order valence-electron chi connectivity index (χ4n) is 0.740. The van der Waals surface area contributed by atoms with Gasteiger partial charge in [0.25, 0.3) is 0 Å². The lowest BCUT2D eigenvalue weighted by atomic mass is 10.5. The smallest absolute Gasteiger partial charge is 0.221 e. The average Bonchev–Trinajstić information content (AvgIpc) is 2.12. The summed E-state index contributed by atoms with van der Waals surface area (Å²) in [6, 6.07) is 0. The molecule has 0 aliphatic rings. The molecule has 0 aromatic carbocycles. The largest absolute Gasteiger partial charge is 0.343 e. The van der Waals surface area contributed by atoms with Crippen LogP contribution < -0.4 is 10.6 Å². The Morgan fingerprint density at radius 1 is 1.33 bits per heavy atom. The minimum atomic E-state index is -0.0216. The second-order valence-electron chi connectivity index (χ2n) is 3.41. The normalized spacial score (nSPS) is 9.67. The first-order chi connectivity index (χ1) is 6.95. The molecule has 0 amide bonds. The molecule has 4 N–H and O–H groups in total. The van der Waals surface area contributed by atoms with Gasteiger partial charge in [-0.2, -0.15) is 0 Å². The molecule has 0 fully saturated rings. The molecule has 86 valence electrons. The van der Waals surface area contributed by atoms with Crippen molar-refractivity contribution in [1.82, 2.24) is 15.5 Å². The van der Waals surface area contributed by atoms with Gasteiger partial charge < -0.3 is 5.32 Å². The van der Waals surface area contributed by atoms with Gasteiger partial charge in [0.15, 0.2) is 5.96 Å². The van der Waals surface area contributed by atoms with Gasteiger partial charge in [0.2, 0.25) is 5.96 Å². The summed E-state index contributed by atoms with van der Waals surface area (Å²) < 4.78 is 0. The van der Waals surface area contributed by atoms with Crippen LogP contribution in [0.15, 0.2) is 4.99 Å². The molecule has 0 bridgehead atoms. The van der Waals surface area contributed by atoms with Crippen molar-refractivity contribution in [2.75, 3.05) is 20.3 Å². The number of hydrogen-bond donors (Lipinski definition) is 4. The molecule has 0 atom stereocenters. The maximum Gasteiger partial charge on any atom is 0.221 e. The molecule has 0 aromatic heterocycles. The molecule has 0 heterocycles. The molecule has 6 nitrogen and oxygen atoms in total. The van der Waals surface area contributed by atoms with E-state index >= 15 is 0 Å². The van der Waals surface area contributed by atoms with Gasteiger partial charge >= 0.3 is 0 Å². The van der Waals surface area contributed by atoms with Crippen molar-refractivity contribution in [2.45, 2.75) is 20.8 Å². The molecular weight excluding hydrogens is 192 g/mol. The van der Waals surface area contributed by atoms with E-state index in [4.69, 9.17) is 10.8 Å². The van der Waals surface area contributed by atoms with Crippen LogP contribution in [0, 0.1) is 10.8 Å². The van der Waals surface area contributed by atoms with E-state index in [0.717, 1.165) is 12.3 Å². The van der Waals surface area contributed by atoms with Gasteiger partial charge in [0.1, 0.15) is 0 Å². The predicted octanol–water partition coefficient (Wildman–Crippen LogP) is 0.425. The molecule has 0 rings (SSSR count). The Balaban J connectivity index is 3.84. The Bertz CT molecular complexity index is 253. The van der Waals surface area contributed by atoms with Crippen molar-refractivity contribution >= 4 is 17.6 Å². The fraction of sp³-hybridized carbons (Fsp3) is 0.667. The van der Waals surface area contributed by atoms with Crippen LogP contribution in [0.4, 0.5) is 0 Å². The zero-order valence-corrected chi connectivity index (χ0v) is 9.81. The minimum absolute atomic E-state index is 0.0216. The number of nitrogens with one attached hydrogen (secondary N) is 4. The Morgan fingerprint density at radius 3 is 2.40 bits per heavy atom. The predicted molar refractivity (Wildman–Crippen MR) is 63.7 cm³/mol. The SMILES string of the molecule is CCN(C)CNC(=N)NC(=N)N=C(C)C. The Kier molecular flexibility index (Phi) is 6.28. The summed E-state index contributed by atoms with van der Waals surface area (Å²) in [4.78, 5) is 5.87. The first-order valence-corrected chi connectivity index (χ1v) is 4.84. The molecule has 15 heavy (non-hydrogen) atoms. The number of guanidine groups is 2. The summed E-state index contributed by atoms with van der Waals surface area (Å²) in [6.45, 7) is 7.12. The van der Waals surface area contributed by atoms with Crippen LogP contribution in [0.5, 0.6) is 0 Å². The molecule has 0 aromatic rings. The molecule has 0 radical (unpaired) electrons. The van der Waals surface area contributed by atoms with Gasteiger partial charge in [-0.15, -0.1) is 0 Å². The van der Waals surface area contributed by atoms with Crippen molar-refractivity contribution in [1.29, 1.82) is 10.8 Å². The van der Waals surface area contributed by atoms with Gasteiger partial charge in [0, 0.05) is 5.71 Å². The van der Waals surface area contributed by atoms with E-state index in [1.807, 2.05) is 18.9 Å². The summed E-state index contributed by atoms with van der Waals surface area (Å²) in [6.07, 6.45) is 0. The third kappa shape index (κ3) is 7.63. The molecule has 6 heteroatoms. The zero-order chi connectivity index (χ0) is 11.8. The van der Waals surface area contributed by atoms with Gasteiger partial charge in [0.05, 0.1) is 6.67 Å². The summed E-state index contributed by atoms with van der Waals surface area (Å²) in [5, 5.41) is 20.2. The molecule has 0 spiro atoms. The molecule has 0 aliphatic heterocycles. The Morgan fingerprint density at radius 2 is 1.93 bits per heavy atom. The highest BCUT2D eigenvalue weighted by Gasteiger charge is 1.99. The maximum atomic E-state index is 7.47. The summed E-state index contributed by atoms with van der Waals surface area (Å²) >= 11 is 0. The minimum Gasteiger partial charge on any atom is -0.343 e. The highest BCUT2D eigenvalue weighted by molar-refractivity contribution is 6.01. The Labute approximate surface area is 90.8 Å². The second-order valence-corrected chi connectivity index (χ2v) is 3.41. The monoisotopic (exact) mass is 212 g/mol. The van der Waals surface area contributed by atoms with E-state index in [-0.39, 0.29) is 11.9 Å². The van der Waals surface area contributed by atoms with Gasteiger partial charge in [-0.1, -0.05) is 6.92 Å². The maximum absolute atomic E-state index is 7.47. The number of aliphatic imine (C=N–C) groups is 1. The summed E-state index contributed by atoms with van der Waals surface area (Å²) in [5.74, 6) is 0.0666. The van der Waals surface area contributed by atoms with E-state index in [1.54, 1.807) is 13.8 Å². The zero-order valence-electron chi connectivity index (χ0n) is 9.81. The molecule has 0 saturated carbocycles. The highest BCUT2D eigenvalue weighted by atomic mass is 15.3. The van der Waals surface area contributed by atoms with E-state index in [0.29, 0.717) is 6.67 Å². The quantitative estimate of drug-likeness (QED) is 0.311. The van der Waals surface area contributed by atoms with Gasteiger partial charge in [-0.25, -0.2) is 4.99 Å². The van der Waals surface area contributed by atoms with Crippen LogP contribution in [-0.2, 0) is 0 Å². The van der Waals surface area contributed by atoms with E-state index in [1.165, 1.54) is 0 Å². The van der Waals surface area contributed by atoms with Crippen LogP contribution in [0.2, 0.25) is 0 Å². The number of rotatable bonds is 3. The molecule has 0 saturated heterocycles. The van der Waals surface area contributed by atoms with E-state index in [9.17, 15) is 0 Å². The first-order valence-electron chi connectivity index (χ1n) is 4.84. The summed E-state index contributed by atoms with van der Waals surface area (Å²) in [7, 11) is 1.94. The van der Waals surface area contributed by atoms with Crippen molar-refractivity contribution < 1.29 is 0 Å². The lowest BCUT2D eigenvalue weighted by Gasteiger charge is -2.16. The van der Waals surface area contributed by atoms with Crippen molar-refractivity contribution in [3.63, 3.8) is 0 Å². The van der Waals surface area contributed by atoms with Crippen LogP contribution in [0.1, 0.15) is 20.8 Å². The summed E-state index contributed by atoms with van der Waals surface area (Å²) in [5.41, 5.74) is 0.783. The fourth-order valence-corrected chi connectivity index (χ4v) is 0.740. The first kappa shape index (κ1) is 13.6. The lowest BCUT2D eigenvalue weighted by Crippen LogP contribution is -2.43. The Hall–Kier alpha value is -1.43. The molecule has 0 unspecified atom stereocenters. The van der Waals surface area contributed by atoms with Crippen LogP contribution in [0.3, 0.4) is 0 Å². The van der Waals surface area contributed by atoms with Gasteiger partial charge in [-0.05, 0) is 27.4 Å². The van der Waals surface area contributed by atoms with E-state index in [2.05, 4.69) is 15.6 Å². The third-order valence-electron chi connectivity index (χ3n) is 1.64. The standard InChI is InChI=1S/C9H20N6/c1-5-15(4)6-12-8(10)14-9(11)13-7(2)3/h5-6H2,1-4H3,(H4,10,11,12,14). The number of nitrogens with zero attached hydrogens (tertiary/aromatic N) is 2. The molecular formula is C9H20N6. The third-order valence-corrected chi connectivity index (χ3v) is 1.64. The highest BCUT2D eigenvalue weighted by Crippen LogP contribution is 1.78. The topological polar surface area (TPSA) is 87.4 Å². The van der Waals surface area contributed by atoms with Gasteiger partial charge in [-0.3, -0.25) is 21.0 Å². The average molecular weight is 212 g/mol. The number of hydrogen-bond acceptors (Lipinski definition) is 3. The van der Waals surface area contributed by atoms with Crippen molar-refractivity contribution in [3.8, 4) is 0 Å². The van der Waals surface area contributed by atoms with Crippen molar-refractivity contribution in [2.24, 2.45) is 4.99 Å². The van der Waals surface area contributed by atoms with E-state index < -0.39 is 0 Å². The molecule has 0 aliphatic carbocycles. The van der Waals surface area contributed by atoms with Crippen LogP contribution in [-0.4, -0.2) is 42.8 Å². The second kappa shape index (κ2) is 6.94. The van der Waals surface area contributed by atoms with Crippen LogP contribution in [0.25, 0.3) is 0 Å². The van der Waals surface area contributed by atoms with Crippen LogP contribution >= 0.6 is 0 Å². The lowest BCUT2D eigenvalue weighted by molar-refractivity contribution is 0.345. The van der Waals surface area contributed by atoms with Crippen molar-refractivity contribution in [3.05, 3.63) is 0 Å².